The summed E-state index contributed by atoms with van der Waals surface area (Å²) in [5.41, 5.74) is -0.136. The second-order valence-corrected chi connectivity index (χ2v) is 4.58. The summed E-state index contributed by atoms with van der Waals surface area (Å²) in [6, 6.07) is 0. The molecule has 0 saturated carbocycles. The monoisotopic (exact) mass is 310 g/mol. The average molecular weight is 310 g/mol. The van der Waals surface area contributed by atoms with Crippen LogP contribution in [0.4, 0.5) is 17.6 Å². The molecule has 0 N–H and O–H groups in total. The van der Waals surface area contributed by atoms with E-state index in [2.05, 4.69) is 14.7 Å². The SMILES string of the molecule is CC(C)COC(=O)c1cnc(OCC(F)(F)C(F)F)cn1. The maximum absolute atomic E-state index is 12.6. The highest BCUT2D eigenvalue weighted by Crippen LogP contribution is 2.23. The van der Waals surface area contributed by atoms with Gasteiger partial charge in [0.2, 0.25) is 5.88 Å². The lowest BCUT2D eigenvalue weighted by molar-refractivity contribution is -0.148. The quantitative estimate of drug-likeness (QED) is 0.572. The summed E-state index contributed by atoms with van der Waals surface area (Å²) in [5, 5.41) is 0. The van der Waals surface area contributed by atoms with Crippen LogP contribution in [0.2, 0.25) is 0 Å². The zero-order chi connectivity index (χ0) is 16.0. The van der Waals surface area contributed by atoms with Crippen molar-refractivity contribution in [2.45, 2.75) is 26.2 Å². The van der Waals surface area contributed by atoms with Crippen LogP contribution in [-0.4, -0.2) is 41.5 Å². The lowest BCUT2D eigenvalue weighted by atomic mass is 10.2. The van der Waals surface area contributed by atoms with E-state index in [-0.39, 0.29) is 18.2 Å². The van der Waals surface area contributed by atoms with E-state index in [0.717, 1.165) is 12.4 Å². The molecular formula is C12H14F4N2O3. The number of carbonyl (C=O) groups excluding carboxylic acids is 1. The number of carbonyl (C=O) groups is 1. The molecule has 0 aromatic carbocycles. The molecule has 1 aromatic rings. The minimum atomic E-state index is -4.28. The normalized spacial score (nSPS) is 11.8. The molecule has 0 saturated heterocycles. The van der Waals surface area contributed by atoms with E-state index in [0.29, 0.717) is 0 Å². The van der Waals surface area contributed by atoms with Crippen LogP contribution < -0.4 is 4.74 Å². The molecule has 0 aliphatic carbocycles. The molecule has 118 valence electrons. The number of esters is 1. The van der Waals surface area contributed by atoms with Gasteiger partial charge in [0.05, 0.1) is 19.0 Å². The first kappa shape index (κ1) is 17.1. The Kier molecular flexibility index (Phi) is 5.86. The molecule has 9 heteroatoms. The predicted octanol–water partition coefficient (Wildman–Crippen LogP) is 2.57. The smallest absolute Gasteiger partial charge is 0.358 e. The maximum atomic E-state index is 12.6. The van der Waals surface area contributed by atoms with E-state index in [9.17, 15) is 22.4 Å². The van der Waals surface area contributed by atoms with Gasteiger partial charge in [0, 0.05) is 0 Å². The van der Waals surface area contributed by atoms with Crippen LogP contribution in [0.15, 0.2) is 12.4 Å². The van der Waals surface area contributed by atoms with Crippen molar-refractivity contribution in [3.05, 3.63) is 18.1 Å². The largest absolute Gasteiger partial charge is 0.470 e. The van der Waals surface area contributed by atoms with Crippen molar-refractivity contribution in [3.63, 3.8) is 0 Å². The van der Waals surface area contributed by atoms with Gasteiger partial charge in [-0.2, -0.15) is 8.78 Å². The Morgan fingerprint density at radius 2 is 1.95 bits per heavy atom. The fourth-order valence-corrected chi connectivity index (χ4v) is 1.05. The molecule has 21 heavy (non-hydrogen) atoms. The molecule has 1 aromatic heterocycles. The summed E-state index contributed by atoms with van der Waals surface area (Å²) >= 11 is 0. The molecule has 5 nitrogen and oxygen atoms in total. The fourth-order valence-electron chi connectivity index (χ4n) is 1.05. The van der Waals surface area contributed by atoms with Gasteiger partial charge in [0.1, 0.15) is 0 Å². The number of aromatic nitrogens is 2. The first-order valence-corrected chi connectivity index (χ1v) is 6.00. The molecule has 0 aliphatic heterocycles. The first-order valence-electron chi connectivity index (χ1n) is 6.00. The average Bonchev–Trinajstić information content (AvgIpc) is 2.43. The number of rotatable bonds is 7. The molecule has 0 bridgehead atoms. The molecular weight excluding hydrogens is 296 g/mol. The van der Waals surface area contributed by atoms with Gasteiger partial charge in [0.15, 0.2) is 12.3 Å². The van der Waals surface area contributed by atoms with E-state index in [1.54, 1.807) is 0 Å². The van der Waals surface area contributed by atoms with Gasteiger partial charge in [-0.15, -0.1) is 0 Å². The molecule has 0 radical (unpaired) electrons. The minimum absolute atomic E-state index is 0.136. The topological polar surface area (TPSA) is 61.3 Å². The van der Waals surface area contributed by atoms with Crippen LogP contribution in [0.5, 0.6) is 5.88 Å². The zero-order valence-electron chi connectivity index (χ0n) is 11.4. The number of hydrogen-bond acceptors (Lipinski definition) is 5. The lowest BCUT2D eigenvalue weighted by Gasteiger charge is -2.15. The molecule has 0 amide bonds. The molecule has 0 unspecified atom stereocenters. The third-order valence-corrected chi connectivity index (χ3v) is 2.12. The Bertz CT molecular complexity index is 466. The molecule has 0 aliphatic rings. The highest BCUT2D eigenvalue weighted by atomic mass is 19.3. The summed E-state index contributed by atoms with van der Waals surface area (Å²) in [6.07, 6.45) is -2.00. The Morgan fingerprint density at radius 1 is 1.29 bits per heavy atom. The predicted molar refractivity (Wildman–Crippen MR) is 63.6 cm³/mol. The highest BCUT2D eigenvalue weighted by Gasteiger charge is 2.41. The van der Waals surface area contributed by atoms with Gasteiger partial charge in [-0.05, 0) is 5.92 Å². The molecule has 0 fully saturated rings. The van der Waals surface area contributed by atoms with Crippen molar-refractivity contribution in [3.8, 4) is 5.88 Å². The van der Waals surface area contributed by atoms with E-state index in [4.69, 9.17) is 4.74 Å². The van der Waals surface area contributed by atoms with Gasteiger partial charge in [-0.25, -0.2) is 23.5 Å². The molecule has 1 heterocycles. The Balaban J connectivity index is 2.56. The molecule has 0 atom stereocenters. The maximum Gasteiger partial charge on any atom is 0.358 e. The summed E-state index contributed by atoms with van der Waals surface area (Å²) in [7, 11) is 0. The summed E-state index contributed by atoms with van der Waals surface area (Å²) in [6.45, 7) is 2.36. The standard InChI is InChI=1S/C12H14F4N2O3/c1-7(2)5-20-10(19)8-3-18-9(4-17-8)21-6-12(15,16)11(13)14/h3-4,7,11H,5-6H2,1-2H3. The fraction of sp³-hybridized carbons (Fsp3) is 0.583. The van der Waals surface area contributed by atoms with Gasteiger partial charge >= 0.3 is 18.3 Å². The van der Waals surface area contributed by atoms with Gasteiger partial charge in [-0.3, -0.25) is 0 Å². The zero-order valence-corrected chi connectivity index (χ0v) is 11.4. The van der Waals surface area contributed by atoms with Crippen LogP contribution in [0, 0.1) is 5.92 Å². The second-order valence-electron chi connectivity index (χ2n) is 4.58. The number of hydrogen-bond donors (Lipinski definition) is 0. The lowest BCUT2D eigenvalue weighted by Crippen LogP contribution is -2.33. The third-order valence-electron chi connectivity index (χ3n) is 2.12. The summed E-state index contributed by atoms with van der Waals surface area (Å²) in [5.74, 6) is -5.26. The van der Waals surface area contributed by atoms with Crippen molar-refractivity contribution in [1.82, 2.24) is 9.97 Å². The van der Waals surface area contributed by atoms with Crippen LogP contribution in [-0.2, 0) is 4.74 Å². The van der Waals surface area contributed by atoms with Gasteiger partial charge in [-0.1, -0.05) is 13.8 Å². The Morgan fingerprint density at radius 3 is 2.43 bits per heavy atom. The Labute approximate surface area is 118 Å². The molecule has 0 spiro atoms. The van der Waals surface area contributed by atoms with Crippen molar-refractivity contribution in [2.24, 2.45) is 5.92 Å². The van der Waals surface area contributed by atoms with Crippen molar-refractivity contribution < 1.29 is 31.8 Å². The minimum Gasteiger partial charge on any atom is -0.470 e. The van der Waals surface area contributed by atoms with E-state index >= 15 is 0 Å². The van der Waals surface area contributed by atoms with Crippen LogP contribution in [0.25, 0.3) is 0 Å². The number of halogens is 4. The van der Waals surface area contributed by atoms with E-state index in [1.807, 2.05) is 13.8 Å². The van der Waals surface area contributed by atoms with Gasteiger partial charge < -0.3 is 9.47 Å². The number of alkyl halides is 4. The van der Waals surface area contributed by atoms with Gasteiger partial charge in [0.25, 0.3) is 0 Å². The van der Waals surface area contributed by atoms with Crippen molar-refractivity contribution in [2.75, 3.05) is 13.2 Å². The second kappa shape index (κ2) is 7.19. The van der Waals surface area contributed by atoms with Crippen LogP contribution in [0.3, 0.4) is 0 Å². The van der Waals surface area contributed by atoms with Crippen LogP contribution >= 0.6 is 0 Å². The number of ether oxygens (including phenoxy) is 2. The first-order chi connectivity index (χ1) is 9.72. The van der Waals surface area contributed by atoms with Crippen LogP contribution in [0.1, 0.15) is 24.3 Å². The molecule has 1 rings (SSSR count). The number of nitrogens with zero attached hydrogens (tertiary/aromatic N) is 2. The highest BCUT2D eigenvalue weighted by molar-refractivity contribution is 5.86. The van der Waals surface area contributed by atoms with E-state index in [1.165, 1.54) is 0 Å². The summed E-state index contributed by atoms with van der Waals surface area (Å²) < 4.78 is 58.3. The Hall–Kier alpha value is -1.93. The van der Waals surface area contributed by atoms with Crippen molar-refractivity contribution >= 4 is 5.97 Å². The van der Waals surface area contributed by atoms with Crippen molar-refractivity contribution in [1.29, 1.82) is 0 Å². The van der Waals surface area contributed by atoms with E-state index < -0.39 is 30.8 Å². The third kappa shape index (κ3) is 5.52. The summed E-state index contributed by atoms with van der Waals surface area (Å²) in [4.78, 5) is 18.6.